The summed E-state index contributed by atoms with van der Waals surface area (Å²) in [7, 11) is 0. The van der Waals surface area contributed by atoms with Gasteiger partial charge in [0.2, 0.25) is 0 Å². The van der Waals surface area contributed by atoms with Crippen molar-refractivity contribution in [2.45, 2.75) is 12.2 Å². The van der Waals surface area contributed by atoms with Crippen LogP contribution in [0.1, 0.15) is 0 Å². The zero-order valence-electron chi connectivity index (χ0n) is 4.90. The summed E-state index contributed by atoms with van der Waals surface area (Å²) in [5, 5.41) is 25.3. The summed E-state index contributed by atoms with van der Waals surface area (Å²) in [4.78, 5) is 0. The van der Waals surface area contributed by atoms with E-state index < -0.39 is 18.8 Å². The molecule has 0 amide bonds. The first-order valence-corrected chi connectivity index (χ1v) is 2.39. The van der Waals surface area contributed by atoms with E-state index in [0.717, 1.165) is 0 Å². The van der Waals surface area contributed by atoms with Crippen molar-refractivity contribution in [1.82, 2.24) is 0 Å². The first-order chi connectivity index (χ1) is 3.72. The Kier molecular flexibility index (Phi) is 9.11. The van der Waals surface area contributed by atoms with Gasteiger partial charge >= 0.3 is 0 Å². The Labute approximate surface area is 70.7 Å². The molecular formula is C4H12INO3. The molecule has 0 aromatic rings. The molecule has 5 N–H and O–H groups in total. The van der Waals surface area contributed by atoms with Crippen molar-refractivity contribution >= 4 is 24.0 Å². The smallest absolute Gasteiger partial charge is 0.104 e. The summed E-state index contributed by atoms with van der Waals surface area (Å²) in [6.07, 6.45) is -2.10. The monoisotopic (exact) mass is 249 g/mol. The highest BCUT2D eigenvalue weighted by molar-refractivity contribution is 14.0. The number of hydrogen-bond acceptors (Lipinski definition) is 4. The van der Waals surface area contributed by atoms with Crippen LogP contribution in [0.3, 0.4) is 0 Å². The van der Waals surface area contributed by atoms with Crippen LogP contribution in [0.15, 0.2) is 0 Å². The molecule has 0 aliphatic heterocycles. The molecule has 0 radical (unpaired) electrons. The predicted octanol–water partition coefficient (Wildman–Crippen LogP) is -1.72. The van der Waals surface area contributed by atoms with Gasteiger partial charge in [0.15, 0.2) is 0 Å². The molecule has 9 heavy (non-hydrogen) atoms. The standard InChI is InChI=1S/C4H11NO3.HI/c5-1-3(7)4(8)2-6;/h3-4,6-8H,1-2,5H2;1H/t3-,4+;/m1./s1. The second-order valence-electron chi connectivity index (χ2n) is 1.55. The lowest BCUT2D eigenvalue weighted by molar-refractivity contribution is -0.00894. The van der Waals surface area contributed by atoms with E-state index in [1.54, 1.807) is 0 Å². The summed E-state index contributed by atoms with van der Waals surface area (Å²) in [5.74, 6) is 0. The molecule has 0 fully saturated rings. The van der Waals surface area contributed by atoms with Crippen LogP contribution in [0, 0.1) is 0 Å². The summed E-state index contributed by atoms with van der Waals surface area (Å²) in [6.45, 7) is -0.472. The van der Waals surface area contributed by atoms with E-state index >= 15 is 0 Å². The third kappa shape index (κ3) is 5.04. The molecule has 0 aromatic carbocycles. The maximum atomic E-state index is 8.59. The molecule has 0 bridgehead atoms. The van der Waals surface area contributed by atoms with Gasteiger partial charge in [0, 0.05) is 6.54 Å². The van der Waals surface area contributed by atoms with Gasteiger partial charge in [-0.3, -0.25) is 0 Å². The lowest BCUT2D eigenvalue weighted by Crippen LogP contribution is -2.35. The molecule has 2 atom stereocenters. The van der Waals surface area contributed by atoms with E-state index in [-0.39, 0.29) is 30.5 Å². The van der Waals surface area contributed by atoms with Crippen LogP contribution in [-0.2, 0) is 0 Å². The van der Waals surface area contributed by atoms with Gasteiger partial charge in [-0.05, 0) is 0 Å². The average Bonchev–Trinajstić information content (AvgIpc) is 1.84. The Morgan fingerprint density at radius 1 is 1.22 bits per heavy atom. The fourth-order valence-corrected chi connectivity index (χ4v) is 0.279. The summed E-state index contributed by atoms with van der Waals surface area (Å²) in [5.41, 5.74) is 4.93. The fourth-order valence-electron chi connectivity index (χ4n) is 0.279. The Hall–Kier alpha value is 0.570. The molecule has 0 saturated heterocycles. The van der Waals surface area contributed by atoms with Gasteiger partial charge in [0.25, 0.3) is 0 Å². The van der Waals surface area contributed by atoms with Gasteiger partial charge in [-0.25, -0.2) is 0 Å². The fraction of sp³-hybridized carbons (Fsp3) is 1.00. The predicted molar refractivity (Wildman–Crippen MR) is 43.6 cm³/mol. The van der Waals surface area contributed by atoms with Gasteiger partial charge in [-0.1, -0.05) is 0 Å². The van der Waals surface area contributed by atoms with Crippen molar-refractivity contribution in [3.05, 3.63) is 0 Å². The maximum Gasteiger partial charge on any atom is 0.104 e. The van der Waals surface area contributed by atoms with E-state index in [4.69, 9.17) is 21.1 Å². The normalized spacial score (nSPS) is 16.0. The van der Waals surface area contributed by atoms with Gasteiger partial charge in [-0.15, -0.1) is 24.0 Å². The van der Waals surface area contributed by atoms with E-state index in [1.807, 2.05) is 0 Å². The van der Waals surface area contributed by atoms with Crippen LogP contribution in [-0.4, -0.2) is 40.7 Å². The van der Waals surface area contributed by atoms with Crippen molar-refractivity contribution < 1.29 is 15.3 Å². The zero-order chi connectivity index (χ0) is 6.57. The number of hydrogen-bond donors (Lipinski definition) is 4. The van der Waals surface area contributed by atoms with Gasteiger partial charge in [0.1, 0.15) is 6.10 Å². The Morgan fingerprint density at radius 2 is 1.67 bits per heavy atom. The first kappa shape index (κ1) is 12.3. The van der Waals surface area contributed by atoms with Crippen LogP contribution in [0.5, 0.6) is 0 Å². The number of aliphatic hydroxyl groups excluding tert-OH is 3. The molecule has 0 spiro atoms. The molecule has 4 nitrogen and oxygen atoms in total. The largest absolute Gasteiger partial charge is 0.394 e. The minimum atomic E-state index is -1.10. The molecule has 0 aromatic heterocycles. The van der Waals surface area contributed by atoms with Crippen molar-refractivity contribution in [1.29, 1.82) is 0 Å². The number of rotatable bonds is 3. The molecular weight excluding hydrogens is 237 g/mol. The highest BCUT2D eigenvalue weighted by Gasteiger charge is 2.11. The number of halogens is 1. The maximum absolute atomic E-state index is 8.59. The Bertz CT molecular complexity index is 55.8. The van der Waals surface area contributed by atoms with E-state index in [1.165, 1.54) is 0 Å². The molecule has 0 unspecified atom stereocenters. The van der Waals surface area contributed by atoms with Gasteiger partial charge in [0.05, 0.1) is 12.7 Å². The number of aliphatic hydroxyl groups is 3. The van der Waals surface area contributed by atoms with E-state index in [9.17, 15) is 0 Å². The first-order valence-electron chi connectivity index (χ1n) is 2.39. The van der Waals surface area contributed by atoms with Crippen molar-refractivity contribution in [2.75, 3.05) is 13.2 Å². The van der Waals surface area contributed by atoms with Crippen LogP contribution >= 0.6 is 24.0 Å². The minimum Gasteiger partial charge on any atom is -0.394 e. The second-order valence-corrected chi connectivity index (χ2v) is 1.55. The summed E-state index contributed by atoms with van der Waals surface area (Å²) in [6, 6.07) is 0. The number of nitrogens with two attached hydrogens (primary N) is 1. The molecule has 0 aliphatic carbocycles. The molecule has 0 aliphatic rings. The Morgan fingerprint density at radius 3 is 1.78 bits per heavy atom. The average molecular weight is 249 g/mol. The molecule has 0 saturated carbocycles. The third-order valence-electron chi connectivity index (χ3n) is 0.873. The van der Waals surface area contributed by atoms with Crippen molar-refractivity contribution in [3.63, 3.8) is 0 Å². The van der Waals surface area contributed by atoms with Crippen LogP contribution in [0.4, 0.5) is 0 Å². The van der Waals surface area contributed by atoms with Crippen molar-refractivity contribution in [3.8, 4) is 0 Å². The highest BCUT2D eigenvalue weighted by atomic mass is 127. The minimum absolute atomic E-state index is 0. The lowest BCUT2D eigenvalue weighted by atomic mass is 10.2. The van der Waals surface area contributed by atoms with E-state index in [0.29, 0.717) is 0 Å². The molecule has 58 valence electrons. The van der Waals surface area contributed by atoms with Crippen LogP contribution in [0.25, 0.3) is 0 Å². The second kappa shape index (κ2) is 6.69. The van der Waals surface area contributed by atoms with Gasteiger partial charge < -0.3 is 21.1 Å². The quantitative estimate of drug-likeness (QED) is 0.448. The molecule has 0 rings (SSSR count). The topological polar surface area (TPSA) is 86.7 Å². The Balaban J connectivity index is 0. The summed E-state index contributed by atoms with van der Waals surface area (Å²) < 4.78 is 0. The lowest BCUT2D eigenvalue weighted by Gasteiger charge is -2.11. The molecule has 5 heteroatoms. The summed E-state index contributed by atoms with van der Waals surface area (Å²) >= 11 is 0. The highest BCUT2D eigenvalue weighted by Crippen LogP contribution is 1.87. The van der Waals surface area contributed by atoms with Gasteiger partial charge in [-0.2, -0.15) is 0 Å². The van der Waals surface area contributed by atoms with Crippen molar-refractivity contribution in [2.24, 2.45) is 5.73 Å². The SMILES string of the molecule is I.NC[C@@H](O)[C@@H](O)CO. The van der Waals surface area contributed by atoms with E-state index in [2.05, 4.69) is 0 Å². The molecule has 0 heterocycles. The van der Waals surface area contributed by atoms with Crippen LogP contribution in [0.2, 0.25) is 0 Å². The third-order valence-corrected chi connectivity index (χ3v) is 0.873. The van der Waals surface area contributed by atoms with Crippen LogP contribution < -0.4 is 5.73 Å². The zero-order valence-corrected chi connectivity index (χ0v) is 7.23.